The van der Waals surface area contributed by atoms with Gasteiger partial charge in [0, 0.05) is 53.1 Å². The van der Waals surface area contributed by atoms with Gasteiger partial charge in [0.15, 0.2) is 0 Å². The summed E-state index contributed by atoms with van der Waals surface area (Å²) in [6.07, 6.45) is 1.56. The summed E-state index contributed by atoms with van der Waals surface area (Å²) in [4.78, 5) is 24.9. The first kappa shape index (κ1) is 23.1. The van der Waals surface area contributed by atoms with Crippen molar-refractivity contribution in [3.63, 3.8) is 0 Å². The highest BCUT2D eigenvalue weighted by Gasteiger charge is 2.32. The number of amides is 1. The fraction of sp³-hybridized carbons (Fsp3) is 0.500. The van der Waals surface area contributed by atoms with Crippen LogP contribution >= 0.6 is 0 Å². The van der Waals surface area contributed by atoms with Crippen molar-refractivity contribution in [1.29, 1.82) is 0 Å². The van der Waals surface area contributed by atoms with E-state index in [9.17, 15) is 13.2 Å². The van der Waals surface area contributed by atoms with Crippen molar-refractivity contribution < 1.29 is 13.2 Å². The Hall–Kier alpha value is -2.52. The van der Waals surface area contributed by atoms with Gasteiger partial charge in [-0.3, -0.25) is 4.79 Å². The zero-order chi connectivity index (χ0) is 22.8. The van der Waals surface area contributed by atoms with E-state index < -0.39 is 10.0 Å². The first-order valence-electron chi connectivity index (χ1n) is 10.4. The van der Waals surface area contributed by atoms with Crippen LogP contribution in [0.1, 0.15) is 42.8 Å². The van der Waals surface area contributed by atoms with Gasteiger partial charge in [-0.05, 0) is 31.9 Å². The molecular weight excluding hydrogens is 414 g/mol. The second kappa shape index (κ2) is 9.32. The standard InChI is InChI=1S/C22H31N5O3S/c1-16-8-10-20(11-9-16)31(29,30)27-12-6-7-18(14-27)22-23-19(15-26(5)17(2)28)13-21(24-22)25(3)4/h8-11,13,18H,6-7,12,14-15H2,1-5H3/t18-/m0/s1. The molecule has 1 aliphatic heterocycles. The summed E-state index contributed by atoms with van der Waals surface area (Å²) in [6.45, 7) is 4.66. The number of carbonyl (C=O) groups excluding carboxylic acids is 1. The van der Waals surface area contributed by atoms with Gasteiger partial charge in [0.2, 0.25) is 15.9 Å². The Morgan fingerprint density at radius 1 is 1.16 bits per heavy atom. The lowest BCUT2D eigenvalue weighted by molar-refractivity contribution is -0.128. The molecule has 0 radical (unpaired) electrons. The molecular formula is C22H31N5O3S. The number of benzene rings is 1. The van der Waals surface area contributed by atoms with E-state index in [2.05, 4.69) is 0 Å². The Bertz CT molecular complexity index is 1040. The molecule has 1 atom stereocenters. The minimum Gasteiger partial charge on any atom is -0.363 e. The first-order valence-corrected chi connectivity index (χ1v) is 11.9. The lowest BCUT2D eigenvalue weighted by Crippen LogP contribution is -2.39. The van der Waals surface area contributed by atoms with Gasteiger partial charge in [-0.15, -0.1) is 0 Å². The van der Waals surface area contributed by atoms with E-state index in [0.717, 1.165) is 29.9 Å². The Balaban J connectivity index is 1.88. The molecule has 0 aliphatic carbocycles. The number of aromatic nitrogens is 2. The minimum absolute atomic E-state index is 0.0420. The molecule has 1 aliphatic rings. The van der Waals surface area contributed by atoms with E-state index in [0.29, 0.717) is 30.4 Å². The van der Waals surface area contributed by atoms with Gasteiger partial charge in [-0.2, -0.15) is 4.31 Å². The summed E-state index contributed by atoms with van der Waals surface area (Å²) >= 11 is 0. The molecule has 1 aromatic heterocycles. The molecule has 0 bridgehead atoms. The predicted octanol–water partition coefficient (Wildman–Crippen LogP) is 2.40. The zero-order valence-corrected chi connectivity index (χ0v) is 19.7. The molecule has 2 aromatic rings. The molecule has 8 nitrogen and oxygen atoms in total. The Morgan fingerprint density at radius 3 is 2.45 bits per heavy atom. The Labute approximate surface area is 185 Å². The van der Waals surface area contributed by atoms with E-state index >= 15 is 0 Å². The molecule has 1 aromatic carbocycles. The summed E-state index contributed by atoms with van der Waals surface area (Å²) in [5.74, 6) is 1.23. The molecule has 0 saturated carbocycles. The van der Waals surface area contributed by atoms with Crippen LogP contribution in [0.4, 0.5) is 5.82 Å². The number of piperidine rings is 1. The van der Waals surface area contributed by atoms with Crippen LogP contribution in [0, 0.1) is 6.92 Å². The van der Waals surface area contributed by atoms with Crippen LogP contribution in [-0.4, -0.2) is 67.7 Å². The van der Waals surface area contributed by atoms with Gasteiger partial charge in [-0.25, -0.2) is 18.4 Å². The zero-order valence-electron chi connectivity index (χ0n) is 18.9. The quantitative estimate of drug-likeness (QED) is 0.679. The third-order valence-corrected chi connectivity index (χ3v) is 7.47. The van der Waals surface area contributed by atoms with Crippen LogP contribution in [0.5, 0.6) is 0 Å². The predicted molar refractivity (Wildman–Crippen MR) is 120 cm³/mol. The fourth-order valence-electron chi connectivity index (χ4n) is 3.58. The number of nitrogens with zero attached hydrogens (tertiary/aromatic N) is 5. The summed E-state index contributed by atoms with van der Waals surface area (Å²) in [7, 11) is 1.96. The molecule has 1 saturated heterocycles. The highest BCUT2D eigenvalue weighted by Crippen LogP contribution is 2.30. The number of sulfonamides is 1. The number of hydrogen-bond acceptors (Lipinski definition) is 6. The van der Waals surface area contributed by atoms with E-state index in [4.69, 9.17) is 9.97 Å². The third-order valence-electron chi connectivity index (χ3n) is 5.59. The van der Waals surface area contributed by atoms with E-state index in [1.807, 2.05) is 44.1 Å². The van der Waals surface area contributed by atoms with Gasteiger partial charge < -0.3 is 9.80 Å². The van der Waals surface area contributed by atoms with Crippen LogP contribution in [0.3, 0.4) is 0 Å². The van der Waals surface area contributed by atoms with E-state index in [-0.39, 0.29) is 11.8 Å². The Kier molecular flexibility index (Phi) is 6.96. The van der Waals surface area contributed by atoms with Gasteiger partial charge in [0.25, 0.3) is 0 Å². The van der Waals surface area contributed by atoms with Gasteiger partial charge in [0.1, 0.15) is 11.6 Å². The lowest BCUT2D eigenvalue weighted by atomic mass is 9.98. The van der Waals surface area contributed by atoms with Crippen molar-refractivity contribution in [1.82, 2.24) is 19.2 Å². The van der Waals surface area contributed by atoms with Gasteiger partial charge in [-0.1, -0.05) is 17.7 Å². The molecule has 2 heterocycles. The van der Waals surface area contributed by atoms with Crippen molar-refractivity contribution in [3.05, 3.63) is 47.4 Å². The average molecular weight is 446 g/mol. The van der Waals surface area contributed by atoms with Crippen LogP contribution < -0.4 is 4.90 Å². The van der Waals surface area contributed by atoms with E-state index in [1.165, 1.54) is 6.92 Å². The van der Waals surface area contributed by atoms with Crippen LogP contribution in [-0.2, 0) is 21.4 Å². The van der Waals surface area contributed by atoms with Gasteiger partial charge >= 0.3 is 0 Å². The number of rotatable bonds is 6. The molecule has 9 heteroatoms. The summed E-state index contributed by atoms with van der Waals surface area (Å²) in [5.41, 5.74) is 1.76. The number of hydrogen-bond donors (Lipinski definition) is 0. The fourth-order valence-corrected chi connectivity index (χ4v) is 5.10. The highest BCUT2D eigenvalue weighted by atomic mass is 32.2. The Morgan fingerprint density at radius 2 is 1.84 bits per heavy atom. The lowest BCUT2D eigenvalue weighted by Gasteiger charge is -2.31. The maximum Gasteiger partial charge on any atom is 0.243 e. The highest BCUT2D eigenvalue weighted by molar-refractivity contribution is 7.89. The average Bonchev–Trinajstić information content (AvgIpc) is 2.73. The molecule has 0 spiro atoms. The number of carbonyl (C=O) groups is 1. The van der Waals surface area contributed by atoms with Crippen LogP contribution in [0.2, 0.25) is 0 Å². The molecule has 168 valence electrons. The second-order valence-corrected chi connectivity index (χ2v) is 10.3. The van der Waals surface area contributed by atoms with E-state index in [1.54, 1.807) is 28.4 Å². The molecule has 1 fully saturated rings. The SMILES string of the molecule is CC(=O)N(C)Cc1cc(N(C)C)nc([C@H]2CCCN(S(=O)(=O)c3ccc(C)cc3)C2)n1. The number of aryl methyl sites for hydroxylation is 1. The third kappa shape index (κ3) is 5.40. The summed E-state index contributed by atoms with van der Waals surface area (Å²) < 4.78 is 27.9. The topological polar surface area (TPSA) is 86.7 Å². The van der Waals surface area contributed by atoms with Crippen molar-refractivity contribution in [2.75, 3.05) is 39.1 Å². The van der Waals surface area contributed by atoms with Crippen molar-refractivity contribution >= 4 is 21.7 Å². The van der Waals surface area contributed by atoms with Crippen molar-refractivity contribution in [2.24, 2.45) is 0 Å². The van der Waals surface area contributed by atoms with Crippen molar-refractivity contribution in [2.45, 2.75) is 44.0 Å². The number of anilines is 1. The summed E-state index contributed by atoms with van der Waals surface area (Å²) in [5, 5.41) is 0. The smallest absolute Gasteiger partial charge is 0.243 e. The molecule has 31 heavy (non-hydrogen) atoms. The molecule has 1 amide bonds. The monoisotopic (exact) mass is 445 g/mol. The van der Waals surface area contributed by atoms with Crippen molar-refractivity contribution in [3.8, 4) is 0 Å². The maximum atomic E-state index is 13.2. The normalized spacial score (nSPS) is 17.4. The van der Waals surface area contributed by atoms with Crippen LogP contribution in [0.15, 0.2) is 35.2 Å². The maximum absolute atomic E-state index is 13.2. The molecule has 3 rings (SSSR count). The largest absolute Gasteiger partial charge is 0.363 e. The van der Waals surface area contributed by atoms with Gasteiger partial charge in [0.05, 0.1) is 17.1 Å². The molecule has 0 unspecified atom stereocenters. The first-order chi connectivity index (χ1) is 14.6. The summed E-state index contributed by atoms with van der Waals surface area (Å²) in [6, 6.07) is 8.82. The molecule has 0 N–H and O–H groups in total. The second-order valence-electron chi connectivity index (χ2n) is 8.36. The van der Waals surface area contributed by atoms with Crippen LogP contribution in [0.25, 0.3) is 0 Å². The minimum atomic E-state index is -3.57.